The van der Waals surface area contributed by atoms with Crippen LogP contribution in [0.1, 0.15) is 71.9 Å². The van der Waals surface area contributed by atoms with Crippen molar-refractivity contribution in [3.8, 4) is 0 Å². The Labute approximate surface area is 290 Å². The summed E-state index contributed by atoms with van der Waals surface area (Å²) in [5.74, 6) is -1.36. The lowest BCUT2D eigenvalue weighted by Gasteiger charge is -2.39. The monoisotopic (exact) mass is 716 g/mol. The first-order valence-electron chi connectivity index (χ1n) is 16.5. The molecule has 9 nitrogen and oxygen atoms in total. The summed E-state index contributed by atoms with van der Waals surface area (Å²) in [6.07, 6.45) is -2.75. The molecule has 0 amide bonds. The van der Waals surface area contributed by atoms with Crippen molar-refractivity contribution in [2.75, 3.05) is 19.6 Å². The highest BCUT2D eigenvalue weighted by Gasteiger charge is 2.46. The lowest BCUT2D eigenvalue weighted by atomic mass is 9.74. The van der Waals surface area contributed by atoms with Gasteiger partial charge in [0.15, 0.2) is 5.22 Å². The number of carboxylic acid groups (broad SMARTS) is 1. The van der Waals surface area contributed by atoms with Crippen LogP contribution in [-0.4, -0.2) is 44.7 Å². The number of carbonyl (C=O) groups is 1. The number of nitrogens with one attached hydrogen (secondary N) is 1. The van der Waals surface area contributed by atoms with Crippen LogP contribution < -0.4 is 16.6 Å². The number of hydrogen-bond acceptors (Lipinski definition) is 6. The molecule has 1 fully saturated rings. The van der Waals surface area contributed by atoms with Gasteiger partial charge in [-0.05, 0) is 93.2 Å². The minimum atomic E-state index is -4.87. The molecule has 1 saturated heterocycles. The number of carboxylic acids is 1. The fraction of sp³-hybridized carbons (Fsp3) is 0.417. The first kappa shape index (κ1) is 35.6. The number of likely N-dealkylation sites (tertiary alicyclic amines) is 1. The van der Waals surface area contributed by atoms with Gasteiger partial charge in [0.05, 0.1) is 31.2 Å². The minimum absolute atomic E-state index is 0.0865. The first-order chi connectivity index (χ1) is 23.9. The summed E-state index contributed by atoms with van der Waals surface area (Å²) in [6.45, 7) is 1.10. The predicted octanol–water partition coefficient (Wildman–Crippen LogP) is 6.14. The molecule has 1 spiro atoms. The van der Waals surface area contributed by atoms with Crippen molar-refractivity contribution in [3.05, 3.63) is 126 Å². The predicted molar refractivity (Wildman–Crippen MR) is 178 cm³/mol. The van der Waals surface area contributed by atoms with Gasteiger partial charge >= 0.3 is 17.8 Å². The van der Waals surface area contributed by atoms with Crippen LogP contribution in [0.25, 0.3) is 0 Å². The first-order valence-corrected chi connectivity index (χ1v) is 16.9. The number of furan rings is 1. The molecule has 6 rings (SSSR count). The van der Waals surface area contributed by atoms with E-state index in [4.69, 9.17) is 21.1 Å². The number of fused-ring (bicyclic) bond motifs is 2. The van der Waals surface area contributed by atoms with Gasteiger partial charge in [-0.3, -0.25) is 23.6 Å². The molecule has 2 aromatic heterocycles. The number of nitrogens with zero attached hydrogens (tertiary/aromatic N) is 3. The molecular weight excluding hydrogens is 680 g/mol. The normalized spacial score (nSPS) is 16.5. The van der Waals surface area contributed by atoms with Crippen molar-refractivity contribution in [2.24, 2.45) is 0 Å². The van der Waals surface area contributed by atoms with Crippen molar-refractivity contribution >= 4 is 17.6 Å². The van der Waals surface area contributed by atoms with Gasteiger partial charge in [-0.1, -0.05) is 36.4 Å². The van der Waals surface area contributed by atoms with Crippen molar-refractivity contribution in [3.63, 3.8) is 0 Å². The Morgan fingerprint density at radius 3 is 2.38 bits per heavy atom. The molecule has 2 aromatic carbocycles. The van der Waals surface area contributed by atoms with E-state index in [2.05, 4.69) is 10.2 Å². The van der Waals surface area contributed by atoms with E-state index in [1.165, 1.54) is 0 Å². The highest BCUT2D eigenvalue weighted by Crippen LogP contribution is 2.45. The fourth-order valence-electron chi connectivity index (χ4n) is 7.45. The van der Waals surface area contributed by atoms with Gasteiger partial charge in [-0.25, -0.2) is 9.18 Å². The van der Waals surface area contributed by atoms with Gasteiger partial charge in [0, 0.05) is 28.7 Å². The zero-order valence-electron chi connectivity index (χ0n) is 27.1. The summed E-state index contributed by atoms with van der Waals surface area (Å²) in [4.78, 5) is 42.2. The maximum absolute atomic E-state index is 15.2. The number of aromatic nitrogens is 2. The van der Waals surface area contributed by atoms with E-state index in [9.17, 15) is 27.6 Å². The van der Waals surface area contributed by atoms with Gasteiger partial charge in [-0.2, -0.15) is 13.2 Å². The van der Waals surface area contributed by atoms with Crippen LogP contribution in [0.4, 0.5) is 17.6 Å². The highest BCUT2D eigenvalue weighted by atomic mass is 35.5. The average Bonchev–Trinajstić information content (AvgIpc) is 3.66. The van der Waals surface area contributed by atoms with E-state index in [1.54, 1.807) is 24.3 Å². The van der Waals surface area contributed by atoms with Gasteiger partial charge < -0.3 is 14.8 Å². The Morgan fingerprint density at radius 1 is 0.980 bits per heavy atom. The lowest BCUT2D eigenvalue weighted by molar-refractivity contribution is -0.138. The van der Waals surface area contributed by atoms with E-state index >= 15 is 4.39 Å². The van der Waals surface area contributed by atoms with Crippen LogP contribution in [0.15, 0.2) is 74.7 Å². The Bertz CT molecular complexity index is 1970. The van der Waals surface area contributed by atoms with E-state index in [0.717, 1.165) is 32.9 Å². The number of hydrogen-bond donors (Lipinski definition) is 2. The Hall–Kier alpha value is -4.20. The molecule has 2 N–H and O–H groups in total. The van der Waals surface area contributed by atoms with Gasteiger partial charge in [0.25, 0.3) is 5.56 Å². The quantitative estimate of drug-likeness (QED) is 0.134. The van der Waals surface area contributed by atoms with E-state index in [0.29, 0.717) is 62.3 Å². The highest BCUT2D eigenvalue weighted by molar-refractivity contribution is 6.28. The minimum Gasteiger partial charge on any atom is -0.481 e. The van der Waals surface area contributed by atoms with E-state index in [1.807, 2.05) is 18.2 Å². The smallest absolute Gasteiger partial charge is 0.416 e. The zero-order valence-corrected chi connectivity index (χ0v) is 27.9. The molecule has 4 aromatic rings. The molecule has 0 bridgehead atoms. The number of aliphatic carboxylic acids is 1. The molecule has 2 aliphatic rings. The lowest BCUT2D eigenvalue weighted by Crippen LogP contribution is -2.49. The molecule has 14 heteroatoms. The standard InChI is InChI=1S/C36H37ClF4N4O5/c37-30-12-11-24(50-30)20-43-18-15-35(16-19-43)14-13-29-32(35)33(48)45(22-28(23-6-2-1-3-7-23)42-17-5-10-31(46)47)34(49)44(29)21-25-26(36(39,40)41)8-4-9-27(25)38/h1-4,6-9,11-12,28,42H,5,10,13-22H2,(H,46,47). The fourth-order valence-corrected chi connectivity index (χ4v) is 7.61. The zero-order chi connectivity index (χ0) is 35.6. The van der Waals surface area contributed by atoms with E-state index in [-0.39, 0.29) is 31.2 Å². The average molecular weight is 717 g/mol. The number of benzene rings is 2. The number of halogens is 5. The molecule has 0 saturated carbocycles. The SMILES string of the molecule is O=C(O)CCCNC(Cn1c(=O)c2c(n(Cc3c(F)cccc3C(F)(F)F)c1=O)CCC21CCN(Cc2ccc(Cl)o2)CC1)c1ccccc1. The maximum atomic E-state index is 15.2. The van der Waals surface area contributed by atoms with Crippen LogP contribution in [-0.2, 0) is 42.4 Å². The summed E-state index contributed by atoms with van der Waals surface area (Å²) in [5, 5.41) is 12.7. The van der Waals surface area contributed by atoms with Crippen LogP contribution in [0.3, 0.4) is 0 Å². The molecule has 1 aliphatic heterocycles. The van der Waals surface area contributed by atoms with Crippen LogP contribution >= 0.6 is 11.6 Å². The van der Waals surface area contributed by atoms with Crippen molar-refractivity contribution < 1.29 is 31.9 Å². The summed E-state index contributed by atoms with van der Waals surface area (Å²) >= 11 is 5.95. The van der Waals surface area contributed by atoms with Gasteiger partial charge in [-0.15, -0.1) is 0 Å². The van der Waals surface area contributed by atoms with Crippen LogP contribution in [0.2, 0.25) is 5.22 Å². The number of piperidine rings is 1. The van der Waals surface area contributed by atoms with Crippen molar-refractivity contribution in [1.29, 1.82) is 0 Å². The molecule has 3 heterocycles. The van der Waals surface area contributed by atoms with Gasteiger partial charge in [0.1, 0.15) is 11.6 Å². The molecular formula is C36H37ClF4N4O5. The second kappa shape index (κ2) is 14.6. The van der Waals surface area contributed by atoms with Crippen LogP contribution in [0, 0.1) is 5.82 Å². The third kappa shape index (κ3) is 7.45. The number of rotatable bonds is 12. The third-order valence-electron chi connectivity index (χ3n) is 9.99. The summed E-state index contributed by atoms with van der Waals surface area (Å²) < 4.78 is 65.3. The van der Waals surface area contributed by atoms with E-state index < -0.39 is 58.3 Å². The summed E-state index contributed by atoms with van der Waals surface area (Å²) in [7, 11) is 0. The molecule has 1 atom stereocenters. The van der Waals surface area contributed by atoms with Crippen molar-refractivity contribution in [1.82, 2.24) is 19.4 Å². The Balaban J connectivity index is 1.42. The molecule has 50 heavy (non-hydrogen) atoms. The largest absolute Gasteiger partial charge is 0.481 e. The third-order valence-corrected chi connectivity index (χ3v) is 10.2. The summed E-state index contributed by atoms with van der Waals surface area (Å²) in [5.41, 5.74) is -2.38. The molecule has 1 unspecified atom stereocenters. The maximum Gasteiger partial charge on any atom is 0.416 e. The molecule has 266 valence electrons. The summed E-state index contributed by atoms with van der Waals surface area (Å²) in [6, 6.07) is 14.6. The Kier molecular flexibility index (Phi) is 10.4. The molecule has 0 radical (unpaired) electrons. The van der Waals surface area contributed by atoms with Crippen LogP contribution in [0.5, 0.6) is 0 Å². The topological polar surface area (TPSA) is 110 Å². The second-order valence-corrected chi connectivity index (χ2v) is 13.4. The second-order valence-electron chi connectivity index (χ2n) is 13.0. The Morgan fingerprint density at radius 2 is 1.72 bits per heavy atom. The van der Waals surface area contributed by atoms with Crippen molar-refractivity contribution in [2.45, 2.75) is 75.8 Å². The number of alkyl halides is 3. The molecule has 1 aliphatic carbocycles. The van der Waals surface area contributed by atoms with Gasteiger partial charge in [0.2, 0.25) is 0 Å².